The first-order valence-electron chi connectivity index (χ1n) is 6.38. The minimum absolute atomic E-state index is 0.150. The van der Waals surface area contributed by atoms with Crippen LogP contribution in [0.5, 0.6) is 0 Å². The summed E-state index contributed by atoms with van der Waals surface area (Å²) in [5, 5.41) is 0. The van der Waals surface area contributed by atoms with E-state index < -0.39 is 9.84 Å². The highest BCUT2D eigenvalue weighted by Crippen LogP contribution is 2.07. The first-order chi connectivity index (χ1) is 8.48. The zero-order chi connectivity index (χ0) is 13.6. The van der Waals surface area contributed by atoms with Crippen LogP contribution >= 0.6 is 0 Å². The Hall–Kier alpha value is -1.10. The van der Waals surface area contributed by atoms with Gasteiger partial charge in [-0.15, -0.1) is 0 Å². The van der Waals surface area contributed by atoms with Crippen LogP contribution in [0, 0.1) is 0 Å². The number of carbonyl (C=O) groups is 1. The second kappa shape index (κ2) is 6.73. The molecule has 0 saturated heterocycles. The molecule has 4 nitrogen and oxygen atoms in total. The van der Waals surface area contributed by atoms with Gasteiger partial charge >= 0.3 is 0 Å². The van der Waals surface area contributed by atoms with E-state index in [9.17, 15) is 13.2 Å². The summed E-state index contributed by atoms with van der Waals surface area (Å²) in [6.07, 6.45) is 5.64. The molecule has 0 atom stereocenters. The van der Waals surface area contributed by atoms with Crippen molar-refractivity contribution < 1.29 is 13.2 Å². The summed E-state index contributed by atoms with van der Waals surface area (Å²) in [6, 6.07) is 1.80. The summed E-state index contributed by atoms with van der Waals surface area (Å²) in [5.74, 6) is 0.552. The quantitative estimate of drug-likeness (QED) is 0.682. The van der Waals surface area contributed by atoms with Gasteiger partial charge in [-0.2, -0.15) is 0 Å². The second-order valence-corrected chi connectivity index (χ2v) is 6.87. The van der Waals surface area contributed by atoms with Gasteiger partial charge in [-0.3, -0.25) is 4.79 Å². The molecule has 1 heterocycles. The maximum Gasteiger partial charge on any atom is 0.164 e. The van der Waals surface area contributed by atoms with E-state index in [1.807, 2.05) is 17.7 Å². The van der Waals surface area contributed by atoms with E-state index in [1.54, 1.807) is 19.2 Å². The fourth-order valence-electron chi connectivity index (χ4n) is 1.73. The van der Waals surface area contributed by atoms with Gasteiger partial charge in [0, 0.05) is 36.7 Å². The topological polar surface area (TPSA) is 56.1 Å². The highest BCUT2D eigenvalue weighted by molar-refractivity contribution is 7.91. The molecule has 0 amide bonds. The van der Waals surface area contributed by atoms with Crippen LogP contribution in [0.25, 0.3) is 0 Å². The maximum absolute atomic E-state index is 11.6. The van der Waals surface area contributed by atoms with Crippen molar-refractivity contribution in [2.45, 2.75) is 39.7 Å². The number of aromatic nitrogens is 1. The number of sulfone groups is 1. The molecular weight excluding hydrogens is 250 g/mol. The van der Waals surface area contributed by atoms with Gasteiger partial charge in [0.1, 0.15) is 9.84 Å². The number of Topliss-reactive ketones (excluding diaryl/α,β-unsaturated/α-hetero) is 1. The number of carbonyl (C=O) groups excluding carboxylic acids is 1. The Labute approximate surface area is 109 Å². The van der Waals surface area contributed by atoms with Gasteiger partial charge in [0.05, 0.1) is 5.75 Å². The second-order valence-electron chi connectivity index (χ2n) is 4.40. The van der Waals surface area contributed by atoms with E-state index in [0.29, 0.717) is 19.4 Å². The summed E-state index contributed by atoms with van der Waals surface area (Å²) in [6.45, 7) is 4.27. The standard InChI is InChI=1S/C13H21NO3S/c1-3-6-13(15)12-7-9-14(11-12)8-5-10-18(16,17)4-2/h7,9,11H,3-6,8,10H2,1-2H3. The van der Waals surface area contributed by atoms with E-state index in [2.05, 4.69) is 0 Å². The van der Waals surface area contributed by atoms with Gasteiger partial charge < -0.3 is 4.57 Å². The third kappa shape index (κ3) is 4.64. The molecule has 18 heavy (non-hydrogen) atoms. The zero-order valence-electron chi connectivity index (χ0n) is 11.1. The van der Waals surface area contributed by atoms with Gasteiger partial charge in [0.25, 0.3) is 0 Å². The van der Waals surface area contributed by atoms with Gasteiger partial charge in [-0.1, -0.05) is 13.8 Å². The SMILES string of the molecule is CCCC(=O)c1ccn(CCCS(=O)(=O)CC)c1. The molecule has 0 unspecified atom stereocenters. The molecular formula is C13H21NO3S. The van der Waals surface area contributed by atoms with Crippen LogP contribution < -0.4 is 0 Å². The minimum Gasteiger partial charge on any atom is -0.353 e. The van der Waals surface area contributed by atoms with Crippen molar-refractivity contribution in [3.8, 4) is 0 Å². The molecule has 0 saturated carbocycles. The predicted molar refractivity (Wildman–Crippen MR) is 72.6 cm³/mol. The van der Waals surface area contributed by atoms with E-state index in [4.69, 9.17) is 0 Å². The highest BCUT2D eigenvalue weighted by Gasteiger charge is 2.08. The van der Waals surface area contributed by atoms with Crippen molar-refractivity contribution >= 4 is 15.6 Å². The summed E-state index contributed by atoms with van der Waals surface area (Å²) in [4.78, 5) is 11.6. The normalized spacial score (nSPS) is 11.7. The fraction of sp³-hybridized carbons (Fsp3) is 0.615. The Morgan fingerprint density at radius 2 is 2.06 bits per heavy atom. The lowest BCUT2D eigenvalue weighted by Crippen LogP contribution is -2.10. The first-order valence-corrected chi connectivity index (χ1v) is 8.20. The molecule has 1 rings (SSSR count). The third-order valence-corrected chi connectivity index (χ3v) is 4.65. The molecule has 0 radical (unpaired) electrons. The van der Waals surface area contributed by atoms with Gasteiger partial charge in [0.2, 0.25) is 0 Å². The summed E-state index contributed by atoms with van der Waals surface area (Å²) in [5.41, 5.74) is 0.718. The van der Waals surface area contributed by atoms with Crippen molar-refractivity contribution in [2.24, 2.45) is 0 Å². The summed E-state index contributed by atoms with van der Waals surface area (Å²) < 4.78 is 24.5. The highest BCUT2D eigenvalue weighted by atomic mass is 32.2. The molecule has 0 spiro atoms. The van der Waals surface area contributed by atoms with Crippen molar-refractivity contribution in [1.82, 2.24) is 4.57 Å². The smallest absolute Gasteiger partial charge is 0.164 e. The van der Waals surface area contributed by atoms with Crippen molar-refractivity contribution in [3.63, 3.8) is 0 Å². The number of hydrogen-bond acceptors (Lipinski definition) is 3. The maximum atomic E-state index is 11.6. The molecule has 0 aliphatic carbocycles. The molecule has 1 aromatic rings. The largest absolute Gasteiger partial charge is 0.353 e. The summed E-state index contributed by atoms with van der Waals surface area (Å²) >= 11 is 0. The average Bonchev–Trinajstić information content (AvgIpc) is 2.78. The first kappa shape index (κ1) is 15.0. The molecule has 0 bridgehead atoms. The third-order valence-electron chi connectivity index (χ3n) is 2.86. The van der Waals surface area contributed by atoms with E-state index in [1.165, 1.54) is 0 Å². The molecule has 102 valence electrons. The minimum atomic E-state index is -2.89. The fourth-order valence-corrected chi connectivity index (χ4v) is 2.59. The lowest BCUT2D eigenvalue weighted by molar-refractivity contribution is 0.0981. The zero-order valence-corrected chi connectivity index (χ0v) is 11.9. The van der Waals surface area contributed by atoms with E-state index >= 15 is 0 Å². The molecule has 5 heteroatoms. The monoisotopic (exact) mass is 271 g/mol. The Kier molecular flexibility index (Phi) is 5.59. The van der Waals surface area contributed by atoms with Crippen LogP contribution in [-0.4, -0.2) is 30.3 Å². The Bertz CT molecular complexity index is 488. The molecule has 0 N–H and O–H groups in total. The molecule has 0 fully saturated rings. The number of nitrogens with zero attached hydrogens (tertiary/aromatic N) is 1. The Morgan fingerprint density at radius 1 is 1.33 bits per heavy atom. The van der Waals surface area contributed by atoms with Gasteiger partial charge in [0.15, 0.2) is 5.78 Å². The van der Waals surface area contributed by atoms with Crippen molar-refractivity contribution in [2.75, 3.05) is 11.5 Å². The van der Waals surface area contributed by atoms with Crippen LogP contribution in [0.1, 0.15) is 43.5 Å². The van der Waals surface area contributed by atoms with Crippen LogP contribution in [0.15, 0.2) is 18.5 Å². The Morgan fingerprint density at radius 3 is 2.67 bits per heavy atom. The predicted octanol–water partition coefficient (Wildman–Crippen LogP) is 2.30. The number of aryl methyl sites for hydroxylation is 1. The lowest BCUT2D eigenvalue weighted by Gasteiger charge is -2.03. The number of rotatable bonds is 8. The number of ketones is 1. The molecule has 0 aliphatic rings. The van der Waals surface area contributed by atoms with Crippen LogP contribution in [0.4, 0.5) is 0 Å². The summed E-state index contributed by atoms with van der Waals surface area (Å²) in [7, 11) is -2.89. The van der Waals surface area contributed by atoms with Crippen molar-refractivity contribution in [1.29, 1.82) is 0 Å². The number of hydrogen-bond donors (Lipinski definition) is 0. The Balaban J connectivity index is 2.47. The van der Waals surface area contributed by atoms with Crippen LogP contribution in [0.3, 0.4) is 0 Å². The van der Waals surface area contributed by atoms with Crippen molar-refractivity contribution in [3.05, 3.63) is 24.0 Å². The van der Waals surface area contributed by atoms with Crippen LogP contribution in [-0.2, 0) is 16.4 Å². The van der Waals surface area contributed by atoms with Gasteiger partial charge in [-0.25, -0.2) is 8.42 Å². The molecule has 0 aliphatic heterocycles. The van der Waals surface area contributed by atoms with E-state index in [0.717, 1.165) is 12.0 Å². The lowest BCUT2D eigenvalue weighted by atomic mass is 10.1. The van der Waals surface area contributed by atoms with Gasteiger partial charge in [-0.05, 0) is 18.9 Å². The average molecular weight is 271 g/mol. The van der Waals surface area contributed by atoms with E-state index in [-0.39, 0.29) is 17.3 Å². The molecule has 1 aromatic heterocycles. The molecule has 0 aromatic carbocycles. The van der Waals surface area contributed by atoms with Crippen LogP contribution in [0.2, 0.25) is 0 Å².